The van der Waals surface area contributed by atoms with Crippen LogP contribution in [0.4, 0.5) is 5.13 Å². The van der Waals surface area contributed by atoms with Gasteiger partial charge >= 0.3 is 5.97 Å². The highest BCUT2D eigenvalue weighted by atomic mass is 35.5. The summed E-state index contributed by atoms with van der Waals surface area (Å²) in [5.41, 5.74) is 6.59. The van der Waals surface area contributed by atoms with Crippen LogP contribution < -0.4 is 23.5 Å². The number of aliphatic carboxylic acids is 1. The molecule has 0 aliphatic carbocycles. The summed E-state index contributed by atoms with van der Waals surface area (Å²) in [6.45, 7) is 2.61. The van der Waals surface area contributed by atoms with Gasteiger partial charge in [-0.25, -0.2) is 9.78 Å². The summed E-state index contributed by atoms with van der Waals surface area (Å²) in [4.78, 5) is 47.9. The molecule has 3 aliphatic rings. The number of carbonyl (C=O) groups excluding carboxylic acids is 2. The molecule has 0 bridgehead atoms. The molecule has 6 N–H and O–H groups in total. The van der Waals surface area contributed by atoms with Crippen LogP contribution in [0.3, 0.4) is 0 Å². The van der Waals surface area contributed by atoms with E-state index in [1.807, 2.05) is 0 Å². The molecule has 2 fully saturated rings. The molecule has 4 heterocycles. The minimum Gasteiger partial charge on any atom is -1.00 e. The molecule has 204 valence electrons. The number of anilines is 1. The van der Waals surface area contributed by atoms with Crippen molar-refractivity contribution < 1.29 is 46.7 Å². The number of likely N-dealkylation sites (tertiary alicyclic amines) is 1. The molecular weight excluding hydrogens is 579 g/mol. The van der Waals surface area contributed by atoms with E-state index in [1.165, 1.54) is 23.8 Å². The molecule has 0 radical (unpaired) electrons. The molecule has 1 aromatic rings. The number of hydrogen-bond donors (Lipinski definition) is 3. The van der Waals surface area contributed by atoms with Crippen LogP contribution >= 0.6 is 47.9 Å². The number of nitrogens with one attached hydrogen (secondary N) is 1. The lowest BCUT2D eigenvalue weighted by Crippen LogP contribution is -3.00. The smallest absolute Gasteiger partial charge is 0.352 e. The summed E-state index contributed by atoms with van der Waals surface area (Å²) in [7, 11) is 3.42. The molecule has 2 atom stereocenters. The van der Waals surface area contributed by atoms with E-state index < -0.39 is 29.2 Å². The zero-order valence-corrected chi connectivity index (χ0v) is 23.5. The van der Waals surface area contributed by atoms with Gasteiger partial charge in [0, 0.05) is 29.5 Å². The number of nitrogens with zero attached hydrogens (tertiary/aromatic N) is 4. The standard InChI is InChI=1S/C19H24N6O5S2.3ClH.H2O/c1-25(5-3-4-6-25)7-10-8-31-17-13(16(27)24(17)14(10)18(28)29)22-15(26)12(23-30-2)11-9-32-19(20)21-11;;;;/h9,13,17H,3-8H2,1-2H3,(H3-,20,21,22,26,28,29);3*1H;1H2/b23-12-;;;;/t13-,17-;;;;/m1..../s1. The molecule has 36 heavy (non-hydrogen) atoms. The second kappa shape index (κ2) is 13.7. The van der Waals surface area contributed by atoms with Crippen molar-refractivity contribution in [2.24, 2.45) is 5.16 Å². The number of carboxylic acids is 1. The van der Waals surface area contributed by atoms with Crippen molar-refractivity contribution in [3.05, 3.63) is 22.3 Å². The topological polar surface area (TPSA) is 179 Å². The van der Waals surface area contributed by atoms with Crippen molar-refractivity contribution in [3.63, 3.8) is 0 Å². The van der Waals surface area contributed by atoms with Crippen molar-refractivity contribution in [1.29, 1.82) is 0 Å². The Morgan fingerprint density at radius 2 is 2.00 bits per heavy atom. The molecule has 0 unspecified atom stereocenters. The fourth-order valence-corrected chi connectivity index (χ4v) is 6.31. The van der Waals surface area contributed by atoms with E-state index in [0.29, 0.717) is 12.3 Å². The van der Waals surface area contributed by atoms with Crippen LogP contribution in [0.2, 0.25) is 0 Å². The fraction of sp³-hybridized carbons (Fsp3) is 0.526. The number of carbonyl (C=O) groups is 3. The summed E-state index contributed by atoms with van der Waals surface area (Å²) < 4.78 is 0.785. The Morgan fingerprint density at radius 1 is 1.36 bits per heavy atom. The van der Waals surface area contributed by atoms with Gasteiger partial charge in [0.05, 0.1) is 20.1 Å². The number of quaternary nitrogens is 1. The van der Waals surface area contributed by atoms with Crippen molar-refractivity contribution >= 4 is 76.5 Å². The molecule has 3 aliphatic heterocycles. The van der Waals surface area contributed by atoms with E-state index >= 15 is 0 Å². The van der Waals surface area contributed by atoms with Gasteiger partial charge in [-0.05, 0) is 0 Å². The molecule has 17 heteroatoms. The van der Waals surface area contributed by atoms with Gasteiger partial charge in [0.25, 0.3) is 11.8 Å². The average Bonchev–Trinajstić information content (AvgIpc) is 3.37. The second-order valence-electron chi connectivity index (χ2n) is 8.24. The highest BCUT2D eigenvalue weighted by Crippen LogP contribution is 2.41. The predicted molar refractivity (Wildman–Crippen MR) is 138 cm³/mol. The summed E-state index contributed by atoms with van der Waals surface area (Å²) >= 11 is 2.61. The van der Waals surface area contributed by atoms with E-state index in [2.05, 4.69) is 22.5 Å². The first-order chi connectivity index (χ1) is 15.2. The Morgan fingerprint density at radius 3 is 2.53 bits per heavy atom. The van der Waals surface area contributed by atoms with Gasteiger partial charge in [0.15, 0.2) is 10.8 Å². The van der Waals surface area contributed by atoms with Gasteiger partial charge in [-0.1, -0.05) is 5.16 Å². The maximum Gasteiger partial charge on any atom is 0.352 e. The molecule has 1 aromatic heterocycles. The van der Waals surface area contributed by atoms with Crippen LogP contribution in [0, 0.1) is 0 Å². The fourth-order valence-electron chi connectivity index (χ4n) is 4.42. The largest absolute Gasteiger partial charge is 1.00 e. The number of amides is 2. The monoisotopic (exact) mass is 606 g/mol. The van der Waals surface area contributed by atoms with Crippen molar-refractivity contribution in [3.8, 4) is 0 Å². The molecule has 0 aromatic carbocycles. The molecule has 0 saturated carbocycles. The Kier molecular flexibility index (Phi) is 13.0. The molecule has 2 amide bonds. The zero-order chi connectivity index (χ0) is 23.0. The highest BCUT2D eigenvalue weighted by molar-refractivity contribution is 8.00. The number of thioether (sulfide) groups is 1. The maximum absolute atomic E-state index is 12.9. The normalized spacial score (nSPS) is 22.0. The lowest BCUT2D eigenvalue weighted by atomic mass is 10.0. The van der Waals surface area contributed by atoms with E-state index in [9.17, 15) is 19.5 Å². The van der Waals surface area contributed by atoms with Crippen LogP contribution in [-0.2, 0) is 19.2 Å². The number of rotatable bonds is 7. The number of carboxylic acid groups (broad SMARTS) is 1. The Labute approximate surface area is 234 Å². The molecular formula is C19H29Cl3N6O6S2. The summed E-state index contributed by atoms with van der Waals surface area (Å²) in [5.74, 6) is -1.71. The van der Waals surface area contributed by atoms with Crippen LogP contribution in [-0.4, -0.2) is 99.4 Å². The van der Waals surface area contributed by atoms with Crippen LogP contribution in [0.15, 0.2) is 21.8 Å². The van der Waals surface area contributed by atoms with E-state index in [4.69, 9.17) is 10.6 Å². The van der Waals surface area contributed by atoms with Gasteiger partial charge < -0.3 is 43.4 Å². The van der Waals surface area contributed by atoms with E-state index in [0.717, 1.165) is 47.3 Å². The number of β-lactam (4-membered cyclic amide) rings is 1. The third-order valence-electron chi connectivity index (χ3n) is 5.92. The first kappa shape index (κ1) is 34.2. The minimum absolute atomic E-state index is 0. The highest BCUT2D eigenvalue weighted by Gasteiger charge is 2.55. The Hall–Kier alpha value is -1.81. The lowest BCUT2D eigenvalue weighted by Gasteiger charge is -2.49. The number of likely N-dealkylation sites (N-methyl/N-ethyl adjacent to an activating group) is 1. The number of hydrogen-bond acceptors (Lipinski definition) is 9. The molecule has 12 nitrogen and oxygen atoms in total. The third-order valence-corrected chi connectivity index (χ3v) is 7.93. The first-order valence-electron chi connectivity index (χ1n) is 10.1. The second-order valence-corrected chi connectivity index (χ2v) is 10.2. The van der Waals surface area contributed by atoms with Gasteiger partial charge in [-0.2, -0.15) is 0 Å². The van der Waals surface area contributed by atoms with Gasteiger partial charge in [-0.3, -0.25) is 14.5 Å². The molecule has 2 saturated heterocycles. The number of nitrogens with two attached hydrogens (primary N) is 1. The molecule has 4 rings (SSSR count). The third kappa shape index (κ3) is 6.54. The summed E-state index contributed by atoms with van der Waals surface area (Å²) in [6, 6.07) is -0.863. The molecule has 0 spiro atoms. The number of nitrogen functional groups attached to an aromatic ring is 1. The number of halogens is 3. The summed E-state index contributed by atoms with van der Waals surface area (Å²) in [6.07, 6.45) is 2.24. The minimum atomic E-state index is -1.12. The van der Waals surface area contributed by atoms with Crippen LogP contribution in [0.25, 0.3) is 0 Å². The van der Waals surface area contributed by atoms with Gasteiger partial charge in [-0.15, -0.1) is 47.9 Å². The van der Waals surface area contributed by atoms with Crippen molar-refractivity contribution in [1.82, 2.24) is 15.2 Å². The van der Waals surface area contributed by atoms with Gasteiger partial charge in [0.2, 0.25) is 0 Å². The zero-order valence-electron chi connectivity index (χ0n) is 19.4. The number of aromatic nitrogens is 1. The maximum atomic E-state index is 12.9. The van der Waals surface area contributed by atoms with Gasteiger partial charge in [0.1, 0.15) is 36.5 Å². The number of fused-ring (bicyclic) bond motifs is 1. The number of thiazole rings is 1. The quantitative estimate of drug-likeness (QED) is 0.128. The van der Waals surface area contributed by atoms with E-state index in [1.54, 1.807) is 5.38 Å². The number of oxime groups is 1. The Balaban J connectivity index is 0.00000306. The lowest BCUT2D eigenvalue weighted by molar-refractivity contribution is -0.893. The van der Waals surface area contributed by atoms with Crippen LogP contribution in [0.5, 0.6) is 0 Å². The summed E-state index contributed by atoms with van der Waals surface area (Å²) in [5, 5.41) is 17.6. The van der Waals surface area contributed by atoms with E-state index in [-0.39, 0.29) is 64.9 Å². The first-order valence-corrected chi connectivity index (χ1v) is 12.0. The average molecular weight is 608 g/mol. The predicted octanol–water partition coefficient (Wildman–Crippen LogP) is -2.92. The Bertz CT molecular complexity index is 1030. The van der Waals surface area contributed by atoms with Crippen LogP contribution in [0.1, 0.15) is 18.5 Å². The van der Waals surface area contributed by atoms with Crippen molar-refractivity contribution in [2.75, 3.05) is 45.3 Å². The SMILES string of the molecule is CO/N=C(\C(=O)N[C@@H]1C(=O)N2C(C(=O)O)=C(C[N+]3(C)CCCC3)CS[C@H]12)c1csc(N)n1.Cl.Cl.O.[Cl-]. The van der Waals surface area contributed by atoms with Crippen molar-refractivity contribution in [2.45, 2.75) is 24.3 Å².